The standard InChI is InChI=1S/C42H26N4/c1-2-11-30(12-3-1)40-44-41(46-42(45-40)38-16-8-9-25-43-38)31-21-18-28(19-22-31)36-26-37-35(33-14-6-7-15-34(33)36)24-23-29-20-17-27-10-4-5-13-32(27)39(29)37/h1-26H. The van der Waals surface area contributed by atoms with Gasteiger partial charge in [-0.15, -0.1) is 0 Å². The van der Waals surface area contributed by atoms with Gasteiger partial charge in [-0.3, -0.25) is 4.98 Å². The molecule has 0 bridgehead atoms. The van der Waals surface area contributed by atoms with Crippen LogP contribution in [0.4, 0.5) is 0 Å². The van der Waals surface area contributed by atoms with Crippen molar-refractivity contribution in [1.82, 2.24) is 19.9 Å². The third-order valence-electron chi connectivity index (χ3n) is 8.76. The van der Waals surface area contributed by atoms with Crippen molar-refractivity contribution in [3.05, 3.63) is 158 Å². The van der Waals surface area contributed by atoms with E-state index in [0.717, 1.165) is 16.7 Å². The summed E-state index contributed by atoms with van der Waals surface area (Å²) in [5.74, 6) is 1.78. The Morgan fingerprint density at radius 3 is 1.72 bits per heavy atom. The van der Waals surface area contributed by atoms with Crippen molar-refractivity contribution < 1.29 is 0 Å². The van der Waals surface area contributed by atoms with Crippen molar-refractivity contribution in [3.63, 3.8) is 0 Å². The molecule has 46 heavy (non-hydrogen) atoms. The van der Waals surface area contributed by atoms with Gasteiger partial charge in [-0.1, -0.05) is 133 Å². The zero-order chi connectivity index (χ0) is 30.5. The van der Waals surface area contributed by atoms with E-state index in [9.17, 15) is 0 Å². The van der Waals surface area contributed by atoms with Crippen LogP contribution in [-0.4, -0.2) is 19.9 Å². The molecule has 2 aromatic heterocycles. The van der Waals surface area contributed by atoms with Crippen LogP contribution in [0.15, 0.2) is 158 Å². The molecule has 7 aromatic carbocycles. The summed E-state index contributed by atoms with van der Waals surface area (Å²) in [6.07, 6.45) is 1.76. The fourth-order valence-electron chi connectivity index (χ4n) is 6.55. The number of nitrogens with zero attached hydrogens (tertiary/aromatic N) is 4. The van der Waals surface area contributed by atoms with Crippen LogP contribution in [-0.2, 0) is 0 Å². The van der Waals surface area contributed by atoms with E-state index in [1.165, 1.54) is 48.7 Å². The van der Waals surface area contributed by atoms with Gasteiger partial charge < -0.3 is 0 Å². The summed E-state index contributed by atoms with van der Waals surface area (Å²) in [5, 5.41) is 10.1. The van der Waals surface area contributed by atoms with Gasteiger partial charge in [0.1, 0.15) is 5.69 Å². The first-order valence-electron chi connectivity index (χ1n) is 15.4. The molecule has 0 aliphatic heterocycles. The fourth-order valence-corrected chi connectivity index (χ4v) is 6.55. The molecule has 0 aliphatic carbocycles. The zero-order valence-electron chi connectivity index (χ0n) is 24.8. The average molecular weight is 587 g/mol. The summed E-state index contributed by atoms with van der Waals surface area (Å²) in [6.45, 7) is 0. The summed E-state index contributed by atoms with van der Waals surface area (Å²) < 4.78 is 0. The van der Waals surface area contributed by atoms with E-state index in [2.05, 4.69) is 108 Å². The topological polar surface area (TPSA) is 51.6 Å². The van der Waals surface area contributed by atoms with E-state index in [4.69, 9.17) is 15.0 Å². The third-order valence-corrected chi connectivity index (χ3v) is 8.76. The summed E-state index contributed by atoms with van der Waals surface area (Å²) in [6, 6.07) is 53.1. The van der Waals surface area contributed by atoms with E-state index in [1.54, 1.807) is 6.20 Å². The van der Waals surface area contributed by atoms with Crippen molar-refractivity contribution >= 4 is 43.1 Å². The first-order valence-corrected chi connectivity index (χ1v) is 15.4. The smallest absolute Gasteiger partial charge is 0.182 e. The van der Waals surface area contributed by atoms with Gasteiger partial charge >= 0.3 is 0 Å². The van der Waals surface area contributed by atoms with Crippen molar-refractivity contribution in [1.29, 1.82) is 0 Å². The minimum atomic E-state index is 0.549. The summed E-state index contributed by atoms with van der Waals surface area (Å²) in [7, 11) is 0. The second-order valence-electron chi connectivity index (χ2n) is 11.5. The monoisotopic (exact) mass is 586 g/mol. The molecule has 4 nitrogen and oxygen atoms in total. The molecule has 0 radical (unpaired) electrons. The van der Waals surface area contributed by atoms with Gasteiger partial charge in [-0.05, 0) is 72.4 Å². The van der Waals surface area contributed by atoms with Crippen LogP contribution in [0.3, 0.4) is 0 Å². The lowest BCUT2D eigenvalue weighted by atomic mass is 9.89. The van der Waals surface area contributed by atoms with Crippen molar-refractivity contribution in [2.45, 2.75) is 0 Å². The SMILES string of the molecule is c1ccc(-c2nc(-c3ccc(-c4cc5c(ccc6ccc7ccccc7c65)c5ccccc45)cc3)nc(-c3ccccn3)n2)cc1. The molecule has 0 amide bonds. The minimum Gasteiger partial charge on any atom is -0.253 e. The van der Waals surface area contributed by atoms with Crippen LogP contribution in [0.2, 0.25) is 0 Å². The van der Waals surface area contributed by atoms with Gasteiger partial charge in [0.05, 0.1) is 0 Å². The molecule has 0 fully saturated rings. The Balaban J connectivity index is 1.23. The van der Waals surface area contributed by atoms with Gasteiger partial charge in [0, 0.05) is 17.3 Å². The summed E-state index contributed by atoms with van der Waals surface area (Å²) >= 11 is 0. The summed E-state index contributed by atoms with van der Waals surface area (Å²) in [4.78, 5) is 19.1. The lowest BCUT2D eigenvalue weighted by Gasteiger charge is -2.15. The zero-order valence-corrected chi connectivity index (χ0v) is 24.8. The minimum absolute atomic E-state index is 0.549. The van der Waals surface area contributed by atoms with Gasteiger partial charge in [-0.2, -0.15) is 0 Å². The average Bonchev–Trinajstić information content (AvgIpc) is 3.14. The van der Waals surface area contributed by atoms with Crippen LogP contribution in [0, 0.1) is 0 Å². The molecular weight excluding hydrogens is 560 g/mol. The van der Waals surface area contributed by atoms with Crippen LogP contribution >= 0.6 is 0 Å². The van der Waals surface area contributed by atoms with Crippen LogP contribution in [0.25, 0.3) is 88.5 Å². The Kier molecular flexibility index (Phi) is 6.10. The second-order valence-corrected chi connectivity index (χ2v) is 11.5. The van der Waals surface area contributed by atoms with Gasteiger partial charge in [0.15, 0.2) is 17.5 Å². The first kappa shape index (κ1) is 26.2. The molecule has 214 valence electrons. The lowest BCUT2D eigenvalue weighted by Crippen LogP contribution is -2.01. The first-order chi connectivity index (χ1) is 22.8. The van der Waals surface area contributed by atoms with E-state index in [-0.39, 0.29) is 0 Å². The highest BCUT2D eigenvalue weighted by atomic mass is 15.0. The Morgan fingerprint density at radius 2 is 0.935 bits per heavy atom. The van der Waals surface area contributed by atoms with Gasteiger partial charge in [0.2, 0.25) is 0 Å². The predicted octanol–water partition coefficient (Wildman–Crippen LogP) is 10.5. The molecular formula is C42H26N4. The lowest BCUT2D eigenvalue weighted by molar-refractivity contribution is 1.06. The molecule has 2 heterocycles. The second kappa shape index (κ2) is 10.7. The Morgan fingerprint density at radius 1 is 0.348 bits per heavy atom. The fraction of sp³-hybridized carbons (Fsp3) is 0. The molecule has 0 saturated heterocycles. The maximum absolute atomic E-state index is 4.91. The highest BCUT2D eigenvalue weighted by molar-refractivity contribution is 6.26. The summed E-state index contributed by atoms with van der Waals surface area (Å²) in [5.41, 5.74) is 4.90. The van der Waals surface area contributed by atoms with E-state index in [0.29, 0.717) is 23.2 Å². The number of benzene rings is 7. The number of hydrogen-bond acceptors (Lipinski definition) is 4. The molecule has 0 unspecified atom stereocenters. The number of fused-ring (bicyclic) bond motifs is 7. The number of hydrogen-bond donors (Lipinski definition) is 0. The predicted molar refractivity (Wildman–Crippen MR) is 189 cm³/mol. The number of rotatable bonds is 4. The Hall–Kier alpha value is -6.26. The molecule has 4 heteroatoms. The van der Waals surface area contributed by atoms with Crippen LogP contribution in [0.1, 0.15) is 0 Å². The Labute approximate surface area is 265 Å². The van der Waals surface area contributed by atoms with Crippen LogP contribution in [0.5, 0.6) is 0 Å². The number of pyridine rings is 1. The Bertz CT molecular complexity index is 2500. The van der Waals surface area contributed by atoms with E-state index < -0.39 is 0 Å². The van der Waals surface area contributed by atoms with Crippen LogP contribution < -0.4 is 0 Å². The third kappa shape index (κ3) is 4.39. The number of aromatic nitrogens is 4. The van der Waals surface area contributed by atoms with Gasteiger partial charge in [0.25, 0.3) is 0 Å². The molecule has 0 N–H and O–H groups in total. The quantitative estimate of drug-likeness (QED) is 0.193. The van der Waals surface area contributed by atoms with Gasteiger partial charge in [-0.25, -0.2) is 15.0 Å². The highest BCUT2D eigenvalue weighted by Crippen LogP contribution is 2.40. The maximum atomic E-state index is 4.91. The maximum Gasteiger partial charge on any atom is 0.182 e. The van der Waals surface area contributed by atoms with E-state index >= 15 is 0 Å². The van der Waals surface area contributed by atoms with Crippen molar-refractivity contribution in [3.8, 4) is 45.4 Å². The molecule has 0 atom stereocenters. The van der Waals surface area contributed by atoms with Crippen molar-refractivity contribution in [2.24, 2.45) is 0 Å². The van der Waals surface area contributed by atoms with E-state index in [1.807, 2.05) is 48.5 Å². The molecule has 9 aromatic rings. The highest BCUT2D eigenvalue weighted by Gasteiger charge is 2.15. The normalized spacial score (nSPS) is 11.5. The van der Waals surface area contributed by atoms with Crippen molar-refractivity contribution in [2.75, 3.05) is 0 Å². The molecule has 0 spiro atoms. The largest absolute Gasteiger partial charge is 0.253 e. The molecule has 9 rings (SSSR count). The molecule has 0 aliphatic rings. The molecule has 0 saturated carbocycles.